The summed E-state index contributed by atoms with van der Waals surface area (Å²) in [6, 6.07) is 14.4. The molecule has 0 amide bonds. The quantitative estimate of drug-likeness (QED) is 0.712. The van der Waals surface area contributed by atoms with Gasteiger partial charge in [-0.3, -0.25) is 0 Å². The van der Waals surface area contributed by atoms with Crippen molar-refractivity contribution >= 4 is 0 Å². The van der Waals surface area contributed by atoms with Gasteiger partial charge in [0.2, 0.25) is 0 Å². The Balaban J connectivity index is 0.000000323. The molecule has 25 heavy (non-hydrogen) atoms. The molecule has 2 aromatic carbocycles. The van der Waals surface area contributed by atoms with Crippen molar-refractivity contribution < 1.29 is 20.1 Å². The van der Waals surface area contributed by atoms with E-state index in [2.05, 4.69) is 20.8 Å². The molecule has 4 heteroatoms. The van der Waals surface area contributed by atoms with Gasteiger partial charge in [-0.05, 0) is 56.2 Å². The van der Waals surface area contributed by atoms with Gasteiger partial charge in [-0.2, -0.15) is 0 Å². The average molecular weight is 346 g/mol. The van der Waals surface area contributed by atoms with Gasteiger partial charge in [0.15, 0.2) is 0 Å². The second-order valence-electron chi connectivity index (χ2n) is 6.96. The van der Waals surface area contributed by atoms with Gasteiger partial charge in [-0.15, -0.1) is 0 Å². The molecule has 1 aliphatic heterocycles. The Morgan fingerprint density at radius 1 is 0.880 bits per heavy atom. The van der Waals surface area contributed by atoms with Crippen LogP contribution in [0.2, 0.25) is 0 Å². The maximum absolute atomic E-state index is 9.30. The van der Waals surface area contributed by atoms with Crippen LogP contribution in [0.4, 0.5) is 0 Å². The third kappa shape index (κ3) is 8.05. The Bertz CT molecular complexity index is 561. The van der Waals surface area contributed by atoms with E-state index in [1.54, 1.807) is 38.1 Å². The summed E-state index contributed by atoms with van der Waals surface area (Å²) in [6.07, 6.45) is 0.417. The van der Waals surface area contributed by atoms with Gasteiger partial charge in [0.25, 0.3) is 0 Å². The normalized spacial score (nSPS) is 15.6. The monoisotopic (exact) mass is 346 g/mol. The molecule has 3 rings (SSSR count). The molecule has 0 aromatic heterocycles. The first-order valence-electron chi connectivity index (χ1n) is 8.51. The lowest BCUT2D eigenvalue weighted by Crippen LogP contribution is -2.18. The number of hydrogen-bond acceptors (Lipinski definition) is 4. The number of epoxide rings is 1. The summed E-state index contributed by atoms with van der Waals surface area (Å²) >= 11 is 0. The summed E-state index contributed by atoms with van der Waals surface area (Å²) in [6.45, 7) is 10.7. The van der Waals surface area contributed by atoms with Gasteiger partial charge in [-0.1, -0.05) is 38.1 Å². The van der Waals surface area contributed by atoms with Gasteiger partial charge in [0.1, 0.15) is 11.5 Å². The maximum atomic E-state index is 9.30. The second kappa shape index (κ2) is 9.44. The summed E-state index contributed by atoms with van der Waals surface area (Å²) < 4.78 is 4.71. The molecular weight excluding hydrogens is 316 g/mol. The molecule has 0 saturated carbocycles. The zero-order valence-electron chi connectivity index (χ0n) is 15.7. The van der Waals surface area contributed by atoms with E-state index in [-0.39, 0.29) is 23.0 Å². The number of rotatable bonds is 2. The van der Waals surface area contributed by atoms with Crippen LogP contribution in [0.5, 0.6) is 11.5 Å². The standard InChI is InChI=1S/C15H16O2.C3H6O.C3H8O/c1-15(2,11-3-7-13(16)8-4-11)12-5-9-14(17)10-6-12;1-3-2-4-3;1-3(2)4/h3-10,16-17H,1-2H3;3H,2H2,1H3;3-4H,1-2H3. The van der Waals surface area contributed by atoms with E-state index in [0.29, 0.717) is 6.10 Å². The van der Waals surface area contributed by atoms with Gasteiger partial charge in [0.05, 0.1) is 12.7 Å². The zero-order chi connectivity index (χ0) is 19.0. The van der Waals surface area contributed by atoms with Crippen LogP contribution in [-0.4, -0.2) is 34.1 Å². The number of aromatic hydroxyl groups is 2. The van der Waals surface area contributed by atoms with Crippen LogP contribution in [0.15, 0.2) is 48.5 Å². The summed E-state index contributed by atoms with van der Waals surface area (Å²) in [5, 5.41) is 26.6. The van der Waals surface area contributed by atoms with Crippen molar-refractivity contribution in [3.05, 3.63) is 59.7 Å². The predicted molar refractivity (Wildman–Crippen MR) is 101 cm³/mol. The first kappa shape index (κ1) is 21.0. The minimum absolute atomic E-state index is 0.151. The Morgan fingerprint density at radius 2 is 1.12 bits per heavy atom. The minimum Gasteiger partial charge on any atom is -0.508 e. The van der Waals surface area contributed by atoms with Crippen LogP contribution >= 0.6 is 0 Å². The van der Waals surface area contributed by atoms with Crippen molar-refractivity contribution in [2.75, 3.05) is 6.61 Å². The first-order valence-corrected chi connectivity index (χ1v) is 8.51. The Labute approximate surface area is 150 Å². The molecule has 2 aromatic rings. The number of benzene rings is 2. The van der Waals surface area contributed by atoms with Crippen molar-refractivity contribution in [1.82, 2.24) is 0 Å². The number of aliphatic hydroxyl groups is 1. The SMILES string of the molecule is CC(C)(c1ccc(O)cc1)c1ccc(O)cc1.CC(C)O.CC1CO1. The van der Waals surface area contributed by atoms with E-state index in [1.807, 2.05) is 24.3 Å². The van der Waals surface area contributed by atoms with Gasteiger partial charge in [0, 0.05) is 11.5 Å². The van der Waals surface area contributed by atoms with Crippen molar-refractivity contribution in [3.63, 3.8) is 0 Å². The molecule has 0 aliphatic carbocycles. The van der Waals surface area contributed by atoms with Crippen molar-refractivity contribution in [2.45, 2.75) is 52.2 Å². The lowest BCUT2D eigenvalue weighted by molar-refractivity contribution is 0.216. The molecule has 0 bridgehead atoms. The molecule has 4 nitrogen and oxygen atoms in total. The summed E-state index contributed by atoms with van der Waals surface area (Å²) in [7, 11) is 0. The molecule has 1 fully saturated rings. The van der Waals surface area contributed by atoms with E-state index in [4.69, 9.17) is 9.84 Å². The van der Waals surface area contributed by atoms with Crippen LogP contribution < -0.4 is 0 Å². The number of phenolic OH excluding ortho intramolecular Hbond substituents is 2. The fourth-order valence-corrected chi connectivity index (χ4v) is 2.02. The smallest absolute Gasteiger partial charge is 0.115 e. The van der Waals surface area contributed by atoms with E-state index in [1.165, 1.54) is 0 Å². The molecule has 1 atom stereocenters. The highest BCUT2D eigenvalue weighted by Gasteiger charge is 2.22. The lowest BCUT2D eigenvalue weighted by atomic mass is 9.78. The molecule has 1 aliphatic rings. The fourth-order valence-electron chi connectivity index (χ4n) is 2.02. The third-order valence-electron chi connectivity index (χ3n) is 3.68. The fraction of sp³-hybridized carbons (Fsp3) is 0.429. The van der Waals surface area contributed by atoms with E-state index < -0.39 is 0 Å². The minimum atomic E-state index is -0.167. The number of hydrogen-bond donors (Lipinski definition) is 3. The van der Waals surface area contributed by atoms with Gasteiger partial charge < -0.3 is 20.1 Å². The highest BCUT2D eigenvalue weighted by Crippen LogP contribution is 2.32. The summed E-state index contributed by atoms with van der Waals surface area (Å²) in [5.74, 6) is 0.547. The average Bonchev–Trinajstić information content (AvgIpc) is 3.30. The molecule has 1 heterocycles. The summed E-state index contributed by atoms with van der Waals surface area (Å²) in [5.41, 5.74) is 2.10. The zero-order valence-corrected chi connectivity index (χ0v) is 15.7. The van der Waals surface area contributed by atoms with Crippen LogP contribution in [0.1, 0.15) is 45.7 Å². The molecular formula is C21H30O4. The Morgan fingerprint density at radius 3 is 1.32 bits per heavy atom. The molecule has 138 valence electrons. The number of ether oxygens (including phenoxy) is 1. The first-order chi connectivity index (χ1) is 11.6. The predicted octanol–water partition coefficient (Wildman–Crippen LogP) is 4.22. The second-order valence-corrected chi connectivity index (χ2v) is 6.96. The molecule has 0 spiro atoms. The third-order valence-corrected chi connectivity index (χ3v) is 3.68. The Hall–Kier alpha value is -2.04. The summed E-state index contributed by atoms with van der Waals surface area (Å²) in [4.78, 5) is 0. The highest BCUT2D eigenvalue weighted by atomic mass is 16.6. The molecule has 0 radical (unpaired) electrons. The van der Waals surface area contributed by atoms with Crippen LogP contribution in [0, 0.1) is 0 Å². The lowest BCUT2D eigenvalue weighted by Gasteiger charge is -2.26. The van der Waals surface area contributed by atoms with Crippen molar-refractivity contribution in [3.8, 4) is 11.5 Å². The number of phenols is 2. The number of aliphatic hydroxyl groups excluding tert-OH is 1. The van der Waals surface area contributed by atoms with Crippen molar-refractivity contribution in [2.24, 2.45) is 0 Å². The maximum Gasteiger partial charge on any atom is 0.115 e. The van der Waals surface area contributed by atoms with E-state index in [0.717, 1.165) is 17.7 Å². The van der Waals surface area contributed by atoms with Gasteiger partial charge >= 0.3 is 0 Å². The molecule has 1 unspecified atom stereocenters. The van der Waals surface area contributed by atoms with Crippen LogP contribution in [0.3, 0.4) is 0 Å². The van der Waals surface area contributed by atoms with Crippen LogP contribution in [-0.2, 0) is 10.2 Å². The topological polar surface area (TPSA) is 73.2 Å². The van der Waals surface area contributed by atoms with Crippen molar-refractivity contribution in [1.29, 1.82) is 0 Å². The largest absolute Gasteiger partial charge is 0.508 e. The Kier molecular flexibility index (Phi) is 7.94. The van der Waals surface area contributed by atoms with E-state index in [9.17, 15) is 10.2 Å². The van der Waals surface area contributed by atoms with E-state index >= 15 is 0 Å². The highest BCUT2D eigenvalue weighted by molar-refractivity contribution is 5.41. The van der Waals surface area contributed by atoms with Crippen LogP contribution in [0.25, 0.3) is 0 Å². The van der Waals surface area contributed by atoms with Gasteiger partial charge in [-0.25, -0.2) is 0 Å². The molecule has 3 N–H and O–H groups in total. The molecule has 1 saturated heterocycles.